The minimum absolute atomic E-state index is 0.0400. The van der Waals surface area contributed by atoms with Crippen molar-refractivity contribution in [2.75, 3.05) is 5.32 Å². The van der Waals surface area contributed by atoms with Crippen LogP contribution in [0.1, 0.15) is 20.3 Å². The van der Waals surface area contributed by atoms with Gasteiger partial charge in [-0.2, -0.15) is 0 Å². The van der Waals surface area contributed by atoms with Crippen molar-refractivity contribution in [3.63, 3.8) is 0 Å². The molecule has 0 aliphatic carbocycles. The van der Waals surface area contributed by atoms with Crippen LogP contribution in [0.2, 0.25) is 0 Å². The third-order valence-corrected chi connectivity index (χ3v) is 1.29. The van der Waals surface area contributed by atoms with E-state index in [4.69, 9.17) is 4.52 Å². The maximum Gasteiger partial charge on any atom is 0.231 e. The van der Waals surface area contributed by atoms with E-state index < -0.39 is 0 Å². The molecule has 4 heteroatoms. The predicted molar refractivity (Wildman–Crippen MR) is 44.6 cm³/mol. The molecule has 0 fully saturated rings. The Hall–Kier alpha value is -1.32. The highest BCUT2D eigenvalue weighted by molar-refractivity contribution is 5.89. The van der Waals surface area contributed by atoms with Gasteiger partial charge in [0.25, 0.3) is 0 Å². The van der Waals surface area contributed by atoms with E-state index in [0.717, 1.165) is 0 Å². The Balaban J connectivity index is 2.37. The zero-order valence-electron chi connectivity index (χ0n) is 7.20. The molecule has 0 unspecified atom stereocenters. The Morgan fingerprint density at radius 3 is 3.00 bits per heavy atom. The number of rotatable bonds is 3. The second-order valence-corrected chi connectivity index (χ2v) is 3.02. The van der Waals surface area contributed by atoms with E-state index >= 15 is 0 Å². The summed E-state index contributed by atoms with van der Waals surface area (Å²) in [6.07, 6.45) is 1.99. The molecule has 0 atom stereocenters. The highest BCUT2D eigenvalue weighted by atomic mass is 16.5. The average molecular weight is 168 g/mol. The smallest absolute Gasteiger partial charge is 0.231 e. The molecule has 1 amide bonds. The van der Waals surface area contributed by atoms with Gasteiger partial charge in [-0.3, -0.25) is 10.1 Å². The third kappa shape index (κ3) is 2.74. The Bertz CT molecular complexity index is 242. The lowest BCUT2D eigenvalue weighted by Gasteiger charge is -2.02. The van der Waals surface area contributed by atoms with Gasteiger partial charge in [-0.15, -0.1) is 0 Å². The van der Waals surface area contributed by atoms with Crippen molar-refractivity contribution in [1.82, 2.24) is 5.16 Å². The van der Waals surface area contributed by atoms with Crippen LogP contribution in [0.4, 0.5) is 5.88 Å². The summed E-state index contributed by atoms with van der Waals surface area (Å²) in [5.41, 5.74) is 0. The molecule has 66 valence electrons. The molecule has 0 aliphatic rings. The molecule has 4 nitrogen and oxygen atoms in total. The van der Waals surface area contributed by atoms with Gasteiger partial charge in [0, 0.05) is 12.5 Å². The van der Waals surface area contributed by atoms with Crippen molar-refractivity contribution in [3.8, 4) is 0 Å². The standard InChI is InChI=1S/C8H12N2O2/c1-6(2)5-7(11)10-8-3-4-9-12-8/h3-4,6H,5H2,1-2H3,(H,10,11). The lowest BCUT2D eigenvalue weighted by atomic mass is 10.1. The van der Waals surface area contributed by atoms with Gasteiger partial charge in [0.15, 0.2) is 0 Å². The normalized spacial score (nSPS) is 10.2. The second kappa shape index (κ2) is 3.90. The lowest BCUT2D eigenvalue weighted by molar-refractivity contribution is -0.116. The van der Waals surface area contributed by atoms with Gasteiger partial charge in [0.1, 0.15) is 0 Å². The van der Waals surface area contributed by atoms with Crippen molar-refractivity contribution < 1.29 is 9.32 Å². The fourth-order valence-corrected chi connectivity index (χ4v) is 0.839. The SMILES string of the molecule is CC(C)CC(=O)Nc1ccno1. The molecule has 1 aromatic heterocycles. The molecular weight excluding hydrogens is 156 g/mol. The van der Waals surface area contributed by atoms with E-state index in [1.807, 2.05) is 13.8 Å². The molecule has 12 heavy (non-hydrogen) atoms. The summed E-state index contributed by atoms with van der Waals surface area (Å²) in [6, 6.07) is 1.61. The summed E-state index contributed by atoms with van der Waals surface area (Å²) >= 11 is 0. The van der Waals surface area contributed by atoms with E-state index in [-0.39, 0.29) is 5.91 Å². The molecule has 0 aliphatic heterocycles. The Morgan fingerprint density at radius 2 is 2.50 bits per heavy atom. The summed E-state index contributed by atoms with van der Waals surface area (Å²) in [7, 11) is 0. The number of nitrogens with one attached hydrogen (secondary N) is 1. The highest BCUT2D eigenvalue weighted by Crippen LogP contribution is 2.06. The lowest BCUT2D eigenvalue weighted by Crippen LogP contribution is -2.13. The van der Waals surface area contributed by atoms with Crippen LogP contribution in [0.5, 0.6) is 0 Å². The molecule has 0 saturated heterocycles. The minimum Gasteiger partial charge on any atom is -0.338 e. The number of hydrogen-bond donors (Lipinski definition) is 1. The summed E-state index contributed by atoms with van der Waals surface area (Å²) in [5.74, 6) is 0.718. The minimum atomic E-state index is -0.0400. The summed E-state index contributed by atoms with van der Waals surface area (Å²) in [4.78, 5) is 11.1. The third-order valence-electron chi connectivity index (χ3n) is 1.29. The van der Waals surface area contributed by atoms with Crippen LogP contribution in [0, 0.1) is 5.92 Å². The molecule has 0 radical (unpaired) electrons. The van der Waals surface area contributed by atoms with Gasteiger partial charge in [-0.05, 0) is 5.92 Å². The first-order valence-corrected chi connectivity index (χ1v) is 3.89. The Morgan fingerprint density at radius 1 is 1.75 bits per heavy atom. The number of carbonyl (C=O) groups is 1. The Labute approximate surface area is 70.9 Å². The number of nitrogens with zero attached hydrogens (tertiary/aromatic N) is 1. The monoisotopic (exact) mass is 168 g/mol. The zero-order chi connectivity index (χ0) is 8.97. The van der Waals surface area contributed by atoms with Gasteiger partial charge in [-0.25, -0.2) is 0 Å². The molecule has 1 aromatic rings. The van der Waals surface area contributed by atoms with Gasteiger partial charge in [-0.1, -0.05) is 19.0 Å². The molecule has 1 heterocycles. The number of anilines is 1. The first kappa shape index (κ1) is 8.77. The van der Waals surface area contributed by atoms with Crippen molar-refractivity contribution in [2.24, 2.45) is 5.92 Å². The van der Waals surface area contributed by atoms with E-state index in [1.54, 1.807) is 6.07 Å². The maximum absolute atomic E-state index is 11.1. The summed E-state index contributed by atoms with van der Waals surface area (Å²) in [6.45, 7) is 3.97. The van der Waals surface area contributed by atoms with Crippen LogP contribution in [0.3, 0.4) is 0 Å². The van der Waals surface area contributed by atoms with Crippen LogP contribution in [-0.4, -0.2) is 11.1 Å². The molecular formula is C8H12N2O2. The molecule has 0 saturated carbocycles. The predicted octanol–water partition coefficient (Wildman–Crippen LogP) is 1.66. The fourth-order valence-electron chi connectivity index (χ4n) is 0.839. The maximum atomic E-state index is 11.1. The number of aromatic nitrogens is 1. The molecule has 1 N–H and O–H groups in total. The van der Waals surface area contributed by atoms with Crippen LogP contribution < -0.4 is 5.32 Å². The molecule has 0 spiro atoms. The highest BCUT2D eigenvalue weighted by Gasteiger charge is 2.06. The first-order chi connectivity index (χ1) is 5.68. The van der Waals surface area contributed by atoms with Crippen molar-refractivity contribution in [2.45, 2.75) is 20.3 Å². The van der Waals surface area contributed by atoms with E-state index in [0.29, 0.717) is 18.2 Å². The summed E-state index contributed by atoms with van der Waals surface area (Å²) in [5, 5.41) is 6.05. The van der Waals surface area contributed by atoms with E-state index in [2.05, 4.69) is 10.5 Å². The zero-order valence-corrected chi connectivity index (χ0v) is 7.20. The van der Waals surface area contributed by atoms with Crippen molar-refractivity contribution in [1.29, 1.82) is 0 Å². The molecule has 0 bridgehead atoms. The summed E-state index contributed by atoms with van der Waals surface area (Å²) < 4.78 is 4.70. The van der Waals surface area contributed by atoms with Crippen LogP contribution in [-0.2, 0) is 4.79 Å². The number of carbonyl (C=O) groups excluding carboxylic acids is 1. The van der Waals surface area contributed by atoms with Gasteiger partial charge in [0.2, 0.25) is 11.8 Å². The van der Waals surface area contributed by atoms with E-state index in [1.165, 1.54) is 6.20 Å². The average Bonchev–Trinajstić information content (AvgIpc) is 2.37. The second-order valence-electron chi connectivity index (χ2n) is 3.02. The van der Waals surface area contributed by atoms with Gasteiger partial charge in [0.05, 0.1) is 6.20 Å². The molecule has 1 rings (SSSR count). The first-order valence-electron chi connectivity index (χ1n) is 3.89. The van der Waals surface area contributed by atoms with Crippen molar-refractivity contribution in [3.05, 3.63) is 12.3 Å². The van der Waals surface area contributed by atoms with Crippen molar-refractivity contribution >= 4 is 11.8 Å². The number of amides is 1. The van der Waals surface area contributed by atoms with Gasteiger partial charge < -0.3 is 4.52 Å². The largest absolute Gasteiger partial charge is 0.338 e. The van der Waals surface area contributed by atoms with Gasteiger partial charge >= 0.3 is 0 Å². The van der Waals surface area contributed by atoms with Crippen LogP contribution in [0.25, 0.3) is 0 Å². The number of hydrogen-bond acceptors (Lipinski definition) is 3. The van der Waals surface area contributed by atoms with Crippen LogP contribution >= 0.6 is 0 Å². The van der Waals surface area contributed by atoms with Crippen LogP contribution in [0.15, 0.2) is 16.8 Å². The fraction of sp³-hybridized carbons (Fsp3) is 0.500. The van der Waals surface area contributed by atoms with E-state index in [9.17, 15) is 4.79 Å². The Kier molecular flexibility index (Phi) is 2.85. The quantitative estimate of drug-likeness (QED) is 0.746. The topological polar surface area (TPSA) is 55.1 Å². The molecule has 0 aromatic carbocycles.